The molecule has 0 aromatic heterocycles. The Balaban J connectivity index is 2.39. The topological polar surface area (TPSA) is 46.2 Å². The third kappa shape index (κ3) is 3.28. The lowest BCUT2D eigenvalue weighted by Gasteiger charge is -2.30. The van der Waals surface area contributed by atoms with Crippen molar-refractivity contribution in [2.24, 2.45) is 17.1 Å². The largest absolute Gasteiger partial charge is 0.388 e. The van der Waals surface area contributed by atoms with Crippen molar-refractivity contribution in [1.82, 2.24) is 0 Å². The molecule has 1 aliphatic carbocycles. The van der Waals surface area contributed by atoms with Crippen LogP contribution in [0.25, 0.3) is 0 Å². The average Bonchev–Trinajstić information content (AvgIpc) is 2.81. The van der Waals surface area contributed by atoms with E-state index in [1.807, 2.05) is 0 Å². The van der Waals surface area contributed by atoms with E-state index in [4.69, 9.17) is 5.73 Å². The molecule has 0 aromatic carbocycles. The van der Waals surface area contributed by atoms with E-state index in [-0.39, 0.29) is 0 Å². The summed E-state index contributed by atoms with van der Waals surface area (Å²) in [4.78, 5) is 0. The maximum absolute atomic E-state index is 10.2. The Bertz CT molecular complexity index is 169. The fraction of sp³-hybridized carbons (Fsp3) is 1.00. The maximum atomic E-state index is 10.2. The second kappa shape index (κ2) is 3.58. The van der Waals surface area contributed by atoms with Crippen LogP contribution in [-0.2, 0) is 0 Å². The fourth-order valence-corrected chi connectivity index (χ4v) is 1.68. The average molecular weight is 185 g/mol. The molecular weight excluding hydrogens is 162 g/mol. The molecule has 1 fully saturated rings. The molecular formula is C11H23NO. The Morgan fingerprint density at radius 1 is 1.23 bits per heavy atom. The SMILES string of the molecule is CC(C)(C)CCC(O)(CN)C1CC1. The van der Waals surface area contributed by atoms with Crippen LogP contribution in [0.3, 0.4) is 0 Å². The first-order valence-corrected chi connectivity index (χ1v) is 5.30. The highest BCUT2D eigenvalue weighted by Crippen LogP contribution is 2.42. The van der Waals surface area contributed by atoms with Crippen LogP contribution >= 0.6 is 0 Å². The monoisotopic (exact) mass is 185 g/mol. The van der Waals surface area contributed by atoms with E-state index < -0.39 is 5.60 Å². The van der Waals surface area contributed by atoms with E-state index in [0.717, 1.165) is 25.7 Å². The van der Waals surface area contributed by atoms with Crippen LogP contribution in [0.5, 0.6) is 0 Å². The van der Waals surface area contributed by atoms with Crippen LogP contribution in [0, 0.1) is 11.3 Å². The van der Waals surface area contributed by atoms with Gasteiger partial charge in [0, 0.05) is 6.54 Å². The van der Waals surface area contributed by atoms with Gasteiger partial charge in [-0.1, -0.05) is 20.8 Å². The van der Waals surface area contributed by atoms with E-state index in [1.165, 1.54) is 0 Å². The van der Waals surface area contributed by atoms with Crippen molar-refractivity contribution in [2.45, 2.75) is 52.1 Å². The van der Waals surface area contributed by atoms with Crippen molar-refractivity contribution in [2.75, 3.05) is 6.54 Å². The van der Waals surface area contributed by atoms with Crippen molar-refractivity contribution in [3.8, 4) is 0 Å². The molecule has 78 valence electrons. The molecule has 1 aliphatic rings. The second-order valence-electron chi connectivity index (χ2n) is 5.64. The first-order valence-electron chi connectivity index (χ1n) is 5.30. The van der Waals surface area contributed by atoms with Crippen molar-refractivity contribution < 1.29 is 5.11 Å². The summed E-state index contributed by atoms with van der Waals surface area (Å²) in [7, 11) is 0. The van der Waals surface area contributed by atoms with Gasteiger partial charge < -0.3 is 10.8 Å². The van der Waals surface area contributed by atoms with E-state index in [9.17, 15) is 5.11 Å². The van der Waals surface area contributed by atoms with Gasteiger partial charge >= 0.3 is 0 Å². The lowest BCUT2D eigenvalue weighted by Crippen LogP contribution is -2.40. The second-order valence-corrected chi connectivity index (χ2v) is 5.64. The van der Waals surface area contributed by atoms with Crippen LogP contribution in [0.4, 0.5) is 0 Å². The van der Waals surface area contributed by atoms with Gasteiger partial charge in [-0.2, -0.15) is 0 Å². The van der Waals surface area contributed by atoms with Crippen LogP contribution in [0.2, 0.25) is 0 Å². The number of rotatable bonds is 4. The molecule has 0 amide bonds. The normalized spacial score (nSPS) is 22.8. The minimum absolute atomic E-state index is 0.304. The number of nitrogens with two attached hydrogens (primary N) is 1. The van der Waals surface area contributed by atoms with Crippen molar-refractivity contribution >= 4 is 0 Å². The van der Waals surface area contributed by atoms with Crippen LogP contribution < -0.4 is 5.73 Å². The van der Waals surface area contributed by atoms with Gasteiger partial charge in [0.2, 0.25) is 0 Å². The first-order chi connectivity index (χ1) is 5.87. The Morgan fingerprint density at radius 2 is 1.77 bits per heavy atom. The number of hydrogen-bond acceptors (Lipinski definition) is 2. The summed E-state index contributed by atoms with van der Waals surface area (Å²) >= 11 is 0. The molecule has 0 heterocycles. The Morgan fingerprint density at radius 3 is 2.08 bits per heavy atom. The van der Waals surface area contributed by atoms with E-state index in [0.29, 0.717) is 17.9 Å². The molecule has 2 heteroatoms. The highest BCUT2D eigenvalue weighted by Gasteiger charge is 2.42. The third-order valence-corrected chi connectivity index (χ3v) is 3.00. The summed E-state index contributed by atoms with van der Waals surface area (Å²) in [6.07, 6.45) is 4.24. The van der Waals surface area contributed by atoms with Crippen molar-refractivity contribution in [3.05, 3.63) is 0 Å². The molecule has 0 aromatic rings. The van der Waals surface area contributed by atoms with E-state index in [2.05, 4.69) is 20.8 Å². The van der Waals surface area contributed by atoms with Crippen LogP contribution in [0.1, 0.15) is 46.5 Å². The highest BCUT2D eigenvalue weighted by molar-refractivity contribution is 4.95. The lowest BCUT2D eigenvalue weighted by molar-refractivity contribution is 0.00801. The van der Waals surface area contributed by atoms with Gasteiger partial charge in [-0.25, -0.2) is 0 Å². The van der Waals surface area contributed by atoms with Crippen LogP contribution in [0.15, 0.2) is 0 Å². The molecule has 1 unspecified atom stereocenters. The lowest BCUT2D eigenvalue weighted by atomic mass is 9.82. The van der Waals surface area contributed by atoms with Gasteiger partial charge in [-0.05, 0) is 37.0 Å². The molecule has 1 atom stereocenters. The fourth-order valence-electron chi connectivity index (χ4n) is 1.68. The number of aliphatic hydroxyl groups is 1. The zero-order valence-corrected chi connectivity index (χ0v) is 9.14. The smallest absolute Gasteiger partial charge is 0.0797 e. The predicted octanol–water partition coefficient (Wildman–Crippen LogP) is 1.91. The molecule has 2 nitrogen and oxygen atoms in total. The molecule has 0 aliphatic heterocycles. The van der Waals surface area contributed by atoms with Gasteiger partial charge in [0.05, 0.1) is 5.60 Å². The maximum Gasteiger partial charge on any atom is 0.0797 e. The summed E-state index contributed by atoms with van der Waals surface area (Å²) in [6.45, 7) is 7.04. The van der Waals surface area contributed by atoms with Gasteiger partial charge in [0.1, 0.15) is 0 Å². The predicted molar refractivity (Wildman–Crippen MR) is 55.4 cm³/mol. The third-order valence-electron chi connectivity index (χ3n) is 3.00. The van der Waals surface area contributed by atoms with E-state index >= 15 is 0 Å². The standard InChI is InChI=1S/C11H23NO/c1-10(2,3)6-7-11(13,8-12)9-4-5-9/h9,13H,4-8,12H2,1-3H3. The summed E-state index contributed by atoms with van der Waals surface area (Å²) in [6, 6.07) is 0. The minimum Gasteiger partial charge on any atom is -0.388 e. The quantitative estimate of drug-likeness (QED) is 0.703. The molecule has 0 bridgehead atoms. The molecule has 0 spiro atoms. The van der Waals surface area contributed by atoms with Crippen molar-refractivity contribution in [3.63, 3.8) is 0 Å². The van der Waals surface area contributed by atoms with Gasteiger partial charge in [0.15, 0.2) is 0 Å². The van der Waals surface area contributed by atoms with E-state index in [1.54, 1.807) is 0 Å². The first kappa shape index (κ1) is 11.0. The molecule has 3 N–H and O–H groups in total. The summed E-state index contributed by atoms with van der Waals surface area (Å²) < 4.78 is 0. The summed E-state index contributed by atoms with van der Waals surface area (Å²) in [5.41, 5.74) is 5.37. The van der Waals surface area contributed by atoms with Gasteiger partial charge in [-0.3, -0.25) is 0 Å². The molecule has 0 radical (unpaired) electrons. The molecule has 13 heavy (non-hydrogen) atoms. The van der Waals surface area contributed by atoms with Gasteiger partial charge in [0.25, 0.3) is 0 Å². The minimum atomic E-state index is -0.562. The summed E-state index contributed by atoms with van der Waals surface area (Å²) in [5, 5.41) is 10.2. The Kier molecular flexibility index (Phi) is 3.03. The zero-order valence-electron chi connectivity index (χ0n) is 9.14. The molecule has 0 saturated heterocycles. The Hall–Kier alpha value is -0.0800. The van der Waals surface area contributed by atoms with Crippen molar-refractivity contribution in [1.29, 1.82) is 0 Å². The summed E-state index contributed by atoms with van der Waals surface area (Å²) in [5.74, 6) is 0.486. The Labute approximate surface area is 81.5 Å². The van der Waals surface area contributed by atoms with Crippen LogP contribution in [-0.4, -0.2) is 17.3 Å². The number of hydrogen-bond donors (Lipinski definition) is 2. The zero-order chi connectivity index (χ0) is 10.1. The highest BCUT2D eigenvalue weighted by atomic mass is 16.3. The van der Waals surface area contributed by atoms with Gasteiger partial charge in [-0.15, -0.1) is 0 Å². The molecule has 1 rings (SSSR count). The molecule has 1 saturated carbocycles.